The molecular weight excluding hydrogens is 292 g/mol. The van der Waals surface area contributed by atoms with Gasteiger partial charge in [-0.05, 0) is 41.5 Å². The van der Waals surface area contributed by atoms with Crippen molar-refractivity contribution in [1.29, 1.82) is 0 Å². The summed E-state index contributed by atoms with van der Waals surface area (Å²) in [7, 11) is 3.24. The Morgan fingerprint density at radius 1 is 1.04 bits per heavy atom. The van der Waals surface area contributed by atoms with Crippen LogP contribution in [0.3, 0.4) is 0 Å². The van der Waals surface area contributed by atoms with Crippen molar-refractivity contribution in [3.63, 3.8) is 0 Å². The first kappa shape index (κ1) is 16.4. The number of amides is 2. The van der Waals surface area contributed by atoms with Gasteiger partial charge in [-0.25, -0.2) is 4.79 Å². The largest absolute Gasteiger partial charge is 0.497 e. The molecule has 0 fully saturated rings. The van der Waals surface area contributed by atoms with E-state index in [0.717, 1.165) is 22.6 Å². The molecule has 0 aliphatic rings. The Balaban J connectivity index is 1.78. The van der Waals surface area contributed by atoms with Crippen molar-refractivity contribution < 1.29 is 14.3 Å². The Bertz CT molecular complexity index is 666. The van der Waals surface area contributed by atoms with Gasteiger partial charge in [0.2, 0.25) is 0 Å². The lowest BCUT2D eigenvalue weighted by molar-refractivity contribution is 0.244. The van der Waals surface area contributed by atoms with Gasteiger partial charge in [-0.15, -0.1) is 0 Å². The molecule has 2 N–H and O–H groups in total. The van der Waals surface area contributed by atoms with Gasteiger partial charge in [0, 0.05) is 12.7 Å². The molecule has 0 saturated carbocycles. The summed E-state index contributed by atoms with van der Waals surface area (Å²) in [6, 6.07) is 14.8. The van der Waals surface area contributed by atoms with E-state index in [0.29, 0.717) is 6.54 Å². The molecule has 120 valence electrons. The molecule has 0 atom stereocenters. The molecule has 23 heavy (non-hydrogen) atoms. The molecule has 2 rings (SSSR count). The summed E-state index contributed by atoms with van der Waals surface area (Å²) in [6.45, 7) is 0.430. The molecule has 0 unspecified atom stereocenters. The normalized spacial score (nSPS) is 10.3. The molecule has 0 aliphatic heterocycles. The zero-order chi connectivity index (χ0) is 16.5. The van der Waals surface area contributed by atoms with E-state index >= 15 is 0 Å². The van der Waals surface area contributed by atoms with Gasteiger partial charge in [0.15, 0.2) is 0 Å². The van der Waals surface area contributed by atoms with Crippen LogP contribution in [0.5, 0.6) is 11.5 Å². The number of rotatable bonds is 6. The Labute approximate surface area is 135 Å². The highest BCUT2D eigenvalue weighted by atomic mass is 16.5. The van der Waals surface area contributed by atoms with E-state index in [2.05, 4.69) is 10.6 Å². The number of hydrogen-bond donors (Lipinski definition) is 2. The Morgan fingerprint density at radius 3 is 2.48 bits per heavy atom. The minimum atomic E-state index is -0.266. The van der Waals surface area contributed by atoms with Crippen LogP contribution in [0.2, 0.25) is 0 Å². The van der Waals surface area contributed by atoms with Gasteiger partial charge >= 0.3 is 6.03 Å². The highest BCUT2D eigenvalue weighted by Crippen LogP contribution is 2.12. The summed E-state index contributed by atoms with van der Waals surface area (Å²) in [6.07, 6.45) is 3.41. The van der Waals surface area contributed by atoms with E-state index in [1.165, 1.54) is 0 Å². The van der Waals surface area contributed by atoms with E-state index < -0.39 is 0 Å². The number of urea groups is 1. The lowest BCUT2D eigenvalue weighted by Gasteiger charge is -2.06. The van der Waals surface area contributed by atoms with Gasteiger partial charge in [-0.2, -0.15) is 0 Å². The third-order valence-corrected chi connectivity index (χ3v) is 3.19. The molecule has 2 aromatic carbocycles. The van der Waals surface area contributed by atoms with E-state index in [9.17, 15) is 4.79 Å². The van der Waals surface area contributed by atoms with Crippen molar-refractivity contribution in [3.05, 3.63) is 65.9 Å². The summed E-state index contributed by atoms with van der Waals surface area (Å²) >= 11 is 0. The molecule has 5 heteroatoms. The van der Waals surface area contributed by atoms with E-state index in [1.54, 1.807) is 20.4 Å². The molecule has 0 radical (unpaired) electrons. The molecule has 2 amide bonds. The fourth-order valence-electron chi connectivity index (χ4n) is 1.94. The minimum absolute atomic E-state index is 0.266. The molecule has 2 aromatic rings. The number of carbonyl (C=O) groups is 1. The van der Waals surface area contributed by atoms with Crippen molar-refractivity contribution >= 4 is 12.1 Å². The van der Waals surface area contributed by atoms with Crippen LogP contribution in [0.15, 0.2) is 54.7 Å². The monoisotopic (exact) mass is 312 g/mol. The Morgan fingerprint density at radius 2 is 1.78 bits per heavy atom. The molecule has 0 aliphatic carbocycles. The maximum atomic E-state index is 11.7. The quantitative estimate of drug-likeness (QED) is 0.861. The van der Waals surface area contributed by atoms with Crippen LogP contribution in [0, 0.1) is 0 Å². The van der Waals surface area contributed by atoms with Crippen molar-refractivity contribution in [2.24, 2.45) is 0 Å². The Kier molecular flexibility index (Phi) is 6.06. The third-order valence-electron chi connectivity index (χ3n) is 3.19. The zero-order valence-corrected chi connectivity index (χ0v) is 13.2. The number of methoxy groups -OCH3 is 2. The maximum Gasteiger partial charge on any atom is 0.319 e. The molecule has 0 aromatic heterocycles. The summed E-state index contributed by atoms with van der Waals surface area (Å²) < 4.78 is 10.2. The third kappa shape index (κ3) is 5.39. The number of carbonyl (C=O) groups excluding carboxylic acids is 1. The first-order valence-corrected chi connectivity index (χ1v) is 7.19. The Hall–Kier alpha value is -2.95. The summed E-state index contributed by atoms with van der Waals surface area (Å²) in [4.78, 5) is 11.7. The van der Waals surface area contributed by atoms with Gasteiger partial charge in [-0.1, -0.05) is 24.3 Å². The predicted octanol–water partition coefficient (Wildman–Crippen LogP) is 3.17. The molecule has 0 bridgehead atoms. The predicted molar refractivity (Wildman–Crippen MR) is 90.4 cm³/mol. The van der Waals surface area contributed by atoms with Crippen LogP contribution in [-0.4, -0.2) is 20.3 Å². The lowest BCUT2D eigenvalue weighted by atomic mass is 10.2. The standard InChI is InChI=1S/C18H20N2O3/c1-22-16-8-6-14(7-9-16)10-11-19-18(21)20-13-15-4-3-5-17(12-15)23-2/h3-12H,13H2,1-2H3,(H2,19,20,21)/b11-10+. The SMILES string of the molecule is COc1ccc(/C=C/NC(=O)NCc2cccc(OC)c2)cc1. The van der Waals surface area contributed by atoms with Crippen LogP contribution in [-0.2, 0) is 6.54 Å². The molecular formula is C18H20N2O3. The number of ether oxygens (including phenoxy) is 2. The topological polar surface area (TPSA) is 59.6 Å². The van der Waals surface area contributed by atoms with Gasteiger partial charge in [0.05, 0.1) is 14.2 Å². The van der Waals surface area contributed by atoms with Crippen molar-refractivity contribution in [2.75, 3.05) is 14.2 Å². The van der Waals surface area contributed by atoms with Crippen LogP contribution in [0.1, 0.15) is 11.1 Å². The van der Waals surface area contributed by atoms with Crippen LogP contribution >= 0.6 is 0 Å². The van der Waals surface area contributed by atoms with Crippen molar-refractivity contribution in [3.8, 4) is 11.5 Å². The number of benzene rings is 2. The first-order valence-electron chi connectivity index (χ1n) is 7.19. The molecule has 0 heterocycles. The van der Waals surface area contributed by atoms with Crippen LogP contribution in [0.25, 0.3) is 6.08 Å². The minimum Gasteiger partial charge on any atom is -0.497 e. The zero-order valence-electron chi connectivity index (χ0n) is 13.2. The number of hydrogen-bond acceptors (Lipinski definition) is 3. The van der Waals surface area contributed by atoms with E-state index in [-0.39, 0.29) is 6.03 Å². The fourth-order valence-corrected chi connectivity index (χ4v) is 1.94. The highest BCUT2D eigenvalue weighted by Gasteiger charge is 1.99. The molecule has 0 spiro atoms. The second-order valence-corrected chi connectivity index (χ2v) is 4.79. The van der Waals surface area contributed by atoms with Crippen molar-refractivity contribution in [1.82, 2.24) is 10.6 Å². The van der Waals surface area contributed by atoms with E-state index in [4.69, 9.17) is 9.47 Å². The van der Waals surface area contributed by atoms with Gasteiger partial charge in [0.25, 0.3) is 0 Å². The average molecular weight is 312 g/mol. The van der Waals surface area contributed by atoms with Crippen LogP contribution < -0.4 is 20.1 Å². The second-order valence-electron chi connectivity index (χ2n) is 4.79. The smallest absolute Gasteiger partial charge is 0.319 e. The fraction of sp³-hybridized carbons (Fsp3) is 0.167. The molecule has 5 nitrogen and oxygen atoms in total. The lowest BCUT2D eigenvalue weighted by Crippen LogP contribution is -2.31. The van der Waals surface area contributed by atoms with Crippen molar-refractivity contribution in [2.45, 2.75) is 6.54 Å². The van der Waals surface area contributed by atoms with Gasteiger partial charge in [0.1, 0.15) is 11.5 Å². The first-order chi connectivity index (χ1) is 11.2. The second kappa shape index (κ2) is 8.48. The summed E-state index contributed by atoms with van der Waals surface area (Å²) in [5.41, 5.74) is 1.94. The molecule has 0 saturated heterocycles. The summed E-state index contributed by atoms with van der Waals surface area (Å²) in [5, 5.41) is 5.44. The highest BCUT2D eigenvalue weighted by molar-refractivity contribution is 5.75. The van der Waals surface area contributed by atoms with E-state index in [1.807, 2.05) is 54.6 Å². The maximum absolute atomic E-state index is 11.7. The van der Waals surface area contributed by atoms with Gasteiger partial charge < -0.3 is 20.1 Å². The average Bonchev–Trinajstić information content (AvgIpc) is 2.61. The summed E-state index contributed by atoms with van der Waals surface area (Å²) in [5.74, 6) is 1.57. The van der Waals surface area contributed by atoms with Gasteiger partial charge in [-0.3, -0.25) is 0 Å². The van der Waals surface area contributed by atoms with Crippen LogP contribution in [0.4, 0.5) is 4.79 Å². The number of nitrogens with one attached hydrogen (secondary N) is 2.